The number of nitriles is 2. The maximum atomic E-state index is 12.1. The van der Waals surface area contributed by atoms with Crippen molar-refractivity contribution in [1.82, 2.24) is 4.98 Å². The molecule has 1 saturated heterocycles. The molecule has 0 bridgehead atoms. The first-order valence-electron chi connectivity index (χ1n) is 8.81. The number of carbonyl (C=O) groups excluding carboxylic acids is 1. The summed E-state index contributed by atoms with van der Waals surface area (Å²) in [7, 11) is 0. The van der Waals surface area contributed by atoms with Gasteiger partial charge in [0.1, 0.15) is 28.2 Å². The van der Waals surface area contributed by atoms with Gasteiger partial charge in [0.2, 0.25) is 5.91 Å². The van der Waals surface area contributed by atoms with Gasteiger partial charge < -0.3 is 15.7 Å². The number of hydrogen-bond acceptors (Lipinski definition) is 7. The summed E-state index contributed by atoms with van der Waals surface area (Å²) in [4.78, 5) is 18.5. The van der Waals surface area contributed by atoms with E-state index in [1.807, 2.05) is 25.1 Å². The third-order valence-electron chi connectivity index (χ3n) is 4.58. The average Bonchev–Trinajstić information content (AvgIpc) is 2.68. The Hall–Kier alpha value is -3.07. The minimum absolute atomic E-state index is 0.288. The molecule has 0 saturated carbocycles. The van der Waals surface area contributed by atoms with E-state index in [2.05, 4.69) is 17.1 Å². The lowest BCUT2D eigenvalue weighted by Crippen LogP contribution is -2.51. The summed E-state index contributed by atoms with van der Waals surface area (Å²) >= 11 is 1.11. The van der Waals surface area contributed by atoms with Crippen molar-refractivity contribution in [2.45, 2.75) is 29.7 Å². The van der Waals surface area contributed by atoms with E-state index >= 15 is 0 Å². The van der Waals surface area contributed by atoms with Crippen molar-refractivity contribution in [3.05, 3.63) is 52.6 Å². The number of nitrogens with zero attached hydrogens (tertiary/aromatic N) is 4. The molecule has 1 unspecified atom stereocenters. The summed E-state index contributed by atoms with van der Waals surface area (Å²) in [6.07, 6.45) is 0.00512. The largest absolute Gasteiger partial charge is 0.389 e. The second kappa shape index (κ2) is 8.30. The molecule has 8 heteroatoms. The van der Waals surface area contributed by atoms with Gasteiger partial charge in [0, 0.05) is 13.1 Å². The summed E-state index contributed by atoms with van der Waals surface area (Å²) in [5, 5.41) is 28.7. The first-order chi connectivity index (χ1) is 13.5. The fourth-order valence-corrected chi connectivity index (χ4v) is 4.21. The molecule has 1 aromatic heterocycles. The first-order valence-corrected chi connectivity index (χ1v) is 9.69. The Morgan fingerprint density at radius 2 is 1.96 bits per heavy atom. The van der Waals surface area contributed by atoms with E-state index in [0.717, 1.165) is 11.8 Å². The smallest absolute Gasteiger partial charge is 0.235 e. The van der Waals surface area contributed by atoms with Gasteiger partial charge in [0.15, 0.2) is 0 Å². The number of carbonyl (C=O) groups is 1. The number of amides is 1. The molecule has 1 amide bonds. The molecule has 1 fully saturated rings. The Balaban J connectivity index is 2.11. The molecule has 0 radical (unpaired) electrons. The summed E-state index contributed by atoms with van der Waals surface area (Å²) in [6, 6.07) is 13.4. The van der Waals surface area contributed by atoms with E-state index < -0.39 is 17.3 Å². The number of aliphatic hydroxyl groups excluding tert-OH is 1. The van der Waals surface area contributed by atoms with E-state index in [1.54, 1.807) is 17.0 Å². The Morgan fingerprint density at radius 3 is 2.46 bits per heavy atom. The lowest BCUT2D eigenvalue weighted by molar-refractivity contribution is -0.117. The molecule has 3 N–H and O–H groups in total. The number of β-amino-alcohol motifs (C(OH)–C–C–N with tert-alkyl or cyclic N) is 1. The zero-order valence-corrected chi connectivity index (χ0v) is 16.1. The summed E-state index contributed by atoms with van der Waals surface area (Å²) in [5.74, 6) is -0.104. The van der Waals surface area contributed by atoms with E-state index in [9.17, 15) is 20.4 Å². The van der Waals surface area contributed by atoms with Crippen LogP contribution in [0.5, 0.6) is 0 Å². The van der Waals surface area contributed by atoms with E-state index in [4.69, 9.17) is 5.73 Å². The number of aliphatic hydroxyl groups is 1. The number of rotatable bonds is 6. The van der Waals surface area contributed by atoms with Crippen LogP contribution in [0, 0.1) is 22.7 Å². The highest BCUT2D eigenvalue weighted by Gasteiger charge is 2.32. The number of thioether (sulfide) groups is 1. The lowest BCUT2D eigenvalue weighted by atomic mass is 10.0. The van der Waals surface area contributed by atoms with Crippen LogP contribution in [0.2, 0.25) is 0 Å². The summed E-state index contributed by atoms with van der Waals surface area (Å²) in [5.41, 5.74) is 7.56. The van der Waals surface area contributed by atoms with Crippen molar-refractivity contribution in [2.24, 2.45) is 5.73 Å². The van der Waals surface area contributed by atoms with Gasteiger partial charge in [0.25, 0.3) is 0 Å². The van der Waals surface area contributed by atoms with Crippen molar-refractivity contribution >= 4 is 23.5 Å². The van der Waals surface area contributed by atoms with Gasteiger partial charge in [-0.25, -0.2) is 4.98 Å². The topological polar surface area (TPSA) is 127 Å². The molecule has 142 valence electrons. The second-order valence-electron chi connectivity index (χ2n) is 6.42. The standard InChI is InChI=1S/C20H19N5O2S/c1-2-14-15(8-21)19(25-10-13(26)11-25)24-20(16(14)9-22)28-17(18(23)27)12-6-4-3-5-7-12/h3-7,13,17,26H,2,10-11H2,1H3,(H2,23,27). The Labute approximate surface area is 167 Å². The minimum atomic E-state index is -0.715. The van der Waals surface area contributed by atoms with Crippen LogP contribution in [-0.2, 0) is 11.2 Å². The van der Waals surface area contributed by atoms with Crippen molar-refractivity contribution in [3.63, 3.8) is 0 Å². The van der Waals surface area contributed by atoms with Crippen LogP contribution >= 0.6 is 11.8 Å². The summed E-state index contributed by atoms with van der Waals surface area (Å²) < 4.78 is 0. The van der Waals surface area contributed by atoms with E-state index in [-0.39, 0.29) is 5.56 Å². The molecule has 1 atom stereocenters. The molecule has 1 aliphatic heterocycles. The van der Waals surface area contributed by atoms with Gasteiger partial charge in [-0.2, -0.15) is 10.5 Å². The Bertz CT molecular complexity index is 975. The number of aromatic nitrogens is 1. The van der Waals surface area contributed by atoms with Crippen LogP contribution in [0.25, 0.3) is 0 Å². The van der Waals surface area contributed by atoms with Crippen LogP contribution in [0.1, 0.15) is 34.4 Å². The fraction of sp³-hybridized carbons (Fsp3) is 0.300. The van der Waals surface area contributed by atoms with Gasteiger partial charge in [-0.15, -0.1) is 0 Å². The molecule has 7 nitrogen and oxygen atoms in total. The SMILES string of the molecule is CCc1c(C#N)c(SC(C(N)=O)c2ccccc2)nc(N2CC(O)C2)c1C#N. The van der Waals surface area contributed by atoms with Crippen molar-refractivity contribution in [2.75, 3.05) is 18.0 Å². The van der Waals surface area contributed by atoms with Crippen LogP contribution in [0.15, 0.2) is 35.4 Å². The predicted octanol–water partition coefficient (Wildman–Crippen LogP) is 1.89. The molecule has 0 spiro atoms. The highest BCUT2D eigenvalue weighted by Crippen LogP contribution is 2.40. The van der Waals surface area contributed by atoms with Gasteiger partial charge in [-0.1, -0.05) is 49.0 Å². The second-order valence-corrected chi connectivity index (χ2v) is 7.51. The van der Waals surface area contributed by atoms with Crippen molar-refractivity contribution < 1.29 is 9.90 Å². The van der Waals surface area contributed by atoms with Crippen molar-refractivity contribution in [1.29, 1.82) is 10.5 Å². The molecule has 2 aromatic rings. The highest BCUT2D eigenvalue weighted by molar-refractivity contribution is 8.00. The molecule has 3 rings (SSSR count). The third-order valence-corrected chi connectivity index (χ3v) is 5.84. The molecular formula is C20H19N5O2S. The first kappa shape index (κ1) is 19.7. The maximum absolute atomic E-state index is 12.1. The molecule has 2 heterocycles. The quantitative estimate of drug-likeness (QED) is 0.717. The molecular weight excluding hydrogens is 374 g/mol. The number of benzene rings is 1. The molecule has 28 heavy (non-hydrogen) atoms. The van der Waals surface area contributed by atoms with Crippen molar-refractivity contribution in [3.8, 4) is 12.1 Å². The fourth-order valence-electron chi connectivity index (χ4n) is 3.16. The minimum Gasteiger partial charge on any atom is -0.389 e. The van der Waals surface area contributed by atoms with Gasteiger partial charge >= 0.3 is 0 Å². The number of anilines is 1. The number of primary amides is 1. The average molecular weight is 393 g/mol. The van der Waals surface area contributed by atoms with Gasteiger partial charge in [-0.3, -0.25) is 4.79 Å². The highest BCUT2D eigenvalue weighted by atomic mass is 32.2. The third kappa shape index (κ3) is 3.65. The van der Waals surface area contributed by atoms with Gasteiger partial charge in [0.05, 0.1) is 17.2 Å². The molecule has 1 aliphatic rings. The van der Waals surface area contributed by atoms with Crippen LogP contribution < -0.4 is 10.6 Å². The zero-order chi connectivity index (χ0) is 20.3. The van der Waals surface area contributed by atoms with E-state index in [0.29, 0.717) is 47.0 Å². The zero-order valence-electron chi connectivity index (χ0n) is 15.3. The molecule has 0 aliphatic carbocycles. The van der Waals surface area contributed by atoms with E-state index in [1.165, 1.54) is 0 Å². The lowest BCUT2D eigenvalue weighted by Gasteiger charge is -2.38. The molecule has 1 aromatic carbocycles. The normalized spacial score (nSPS) is 14.6. The Morgan fingerprint density at radius 1 is 1.32 bits per heavy atom. The Kier molecular flexibility index (Phi) is 5.84. The number of nitrogens with two attached hydrogens (primary N) is 1. The van der Waals surface area contributed by atoms with Crippen LogP contribution in [-0.4, -0.2) is 35.2 Å². The van der Waals surface area contributed by atoms with Gasteiger partial charge in [-0.05, 0) is 17.5 Å². The summed E-state index contributed by atoms with van der Waals surface area (Å²) in [6.45, 7) is 2.61. The maximum Gasteiger partial charge on any atom is 0.235 e. The van der Waals surface area contributed by atoms with Crippen LogP contribution in [0.4, 0.5) is 5.82 Å². The van der Waals surface area contributed by atoms with Crippen LogP contribution in [0.3, 0.4) is 0 Å². The number of hydrogen-bond donors (Lipinski definition) is 2. The number of pyridine rings is 1. The monoisotopic (exact) mass is 393 g/mol. The predicted molar refractivity (Wildman–Crippen MR) is 105 cm³/mol.